The molecule has 1 saturated heterocycles. The van der Waals surface area contributed by atoms with Gasteiger partial charge in [-0.05, 0) is 51.8 Å². The van der Waals surface area contributed by atoms with E-state index in [1.165, 1.54) is 22.7 Å². The molecule has 2 heterocycles. The molecule has 0 spiro atoms. The van der Waals surface area contributed by atoms with Crippen molar-refractivity contribution < 1.29 is 32.8 Å². The average molecular weight is 587 g/mol. The van der Waals surface area contributed by atoms with Crippen LogP contribution in [0.15, 0.2) is 53.1 Å². The van der Waals surface area contributed by atoms with Gasteiger partial charge in [0.2, 0.25) is 5.91 Å². The van der Waals surface area contributed by atoms with Gasteiger partial charge in [0.1, 0.15) is 29.0 Å². The molecule has 3 atom stereocenters. The Balaban J connectivity index is 1.56. The van der Waals surface area contributed by atoms with Crippen molar-refractivity contribution >= 4 is 29.5 Å². The van der Waals surface area contributed by atoms with Gasteiger partial charge in [-0.15, -0.1) is 11.8 Å². The average Bonchev–Trinajstić information content (AvgIpc) is 3.44. The van der Waals surface area contributed by atoms with Crippen LogP contribution in [0.1, 0.15) is 46.8 Å². The lowest BCUT2D eigenvalue weighted by Crippen LogP contribution is -2.58. The van der Waals surface area contributed by atoms with Crippen LogP contribution in [0.3, 0.4) is 0 Å². The molecule has 3 N–H and O–H groups in total. The van der Waals surface area contributed by atoms with Crippen molar-refractivity contribution in [2.45, 2.75) is 63.6 Å². The van der Waals surface area contributed by atoms with Crippen molar-refractivity contribution in [2.24, 2.45) is 0 Å². The van der Waals surface area contributed by atoms with E-state index in [-0.39, 0.29) is 23.4 Å². The first kappa shape index (κ1) is 30.2. The van der Waals surface area contributed by atoms with Gasteiger partial charge in [0, 0.05) is 16.9 Å². The fourth-order valence-electron chi connectivity index (χ4n) is 4.89. The van der Waals surface area contributed by atoms with Crippen LogP contribution in [0.2, 0.25) is 0 Å². The standard InChI is InChI=1S/C29H32F2N4O5S/c1-16-23(17(2)40-34-16)26(37)33-22(13-18-9-6-5-7-10-18)24(36)28(39)35-15-41-29(3,4)25(35)27(38)32-14-19-20(30)11-8-12-21(19)31/h5-12,22,24-25,36H,13-15H2,1-4H3,(H,32,38)(H,33,37)/t22-,24-,25+/m0/s1. The van der Waals surface area contributed by atoms with Crippen molar-refractivity contribution in [3.8, 4) is 0 Å². The number of benzene rings is 2. The second kappa shape index (κ2) is 12.4. The highest BCUT2D eigenvalue weighted by atomic mass is 32.2. The first-order chi connectivity index (χ1) is 19.4. The lowest BCUT2D eigenvalue weighted by molar-refractivity contribution is -0.147. The second-order valence-corrected chi connectivity index (χ2v) is 12.0. The first-order valence-corrected chi connectivity index (χ1v) is 14.0. The summed E-state index contributed by atoms with van der Waals surface area (Å²) in [6.07, 6.45) is -1.59. The summed E-state index contributed by atoms with van der Waals surface area (Å²) in [5, 5.41) is 20.4. The van der Waals surface area contributed by atoms with E-state index in [1.807, 2.05) is 6.07 Å². The van der Waals surface area contributed by atoms with E-state index in [2.05, 4.69) is 15.8 Å². The van der Waals surface area contributed by atoms with Crippen LogP contribution < -0.4 is 10.6 Å². The van der Waals surface area contributed by atoms with Crippen LogP contribution in [0.5, 0.6) is 0 Å². The van der Waals surface area contributed by atoms with Crippen LogP contribution in [-0.2, 0) is 22.6 Å². The molecule has 1 aliphatic rings. The minimum absolute atomic E-state index is 0.0882. The quantitative estimate of drug-likeness (QED) is 0.352. The molecule has 1 aromatic heterocycles. The van der Waals surface area contributed by atoms with E-state index in [4.69, 9.17) is 4.52 Å². The van der Waals surface area contributed by atoms with E-state index in [1.54, 1.807) is 52.0 Å². The lowest BCUT2D eigenvalue weighted by atomic mass is 9.96. The monoisotopic (exact) mass is 586 g/mol. The van der Waals surface area contributed by atoms with Gasteiger partial charge in [-0.2, -0.15) is 0 Å². The van der Waals surface area contributed by atoms with Gasteiger partial charge in [-0.25, -0.2) is 8.78 Å². The van der Waals surface area contributed by atoms with E-state index >= 15 is 0 Å². The third-order valence-corrected chi connectivity index (χ3v) is 8.46. The van der Waals surface area contributed by atoms with E-state index in [0.717, 1.165) is 17.7 Å². The number of amides is 3. The summed E-state index contributed by atoms with van der Waals surface area (Å²) < 4.78 is 32.6. The zero-order valence-corrected chi connectivity index (χ0v) is 23.9. The smallest absolute Gasteiger partial charge is 0.257 e. The zero-order valence-electron chi connectivity index (χ0n) is 23.1. The number of aliphatic hydroxyl groups is 1. The predicted molar refractivity (Wildman–Crippen MR) is 149 cm³/mol. The van der Waals surface area contributed by atoms with Crippen LogP contribution in [-0.4, -0.2) is 61.7 Å². The Kier molecular flexibility index (Phi) is 9.13. The summed E-state index contributed by atoms with van der Waals surface area (Å²) in [5.74, 6) is -3.17. The summed E-state index contributed by atoms with van der Waals surface area (Å²) in [7, 11) is 0. The van der Waals surface area contributed by atoms with Crippen LogP contribution in [0.4, 0.5) is 8.78 Å². The third-order valence-electron chi connectivity index (χ3n) is 7.09. The number of carbonyl (C=O) groups excluding carboxylic acids is 3. The Morgan fingerprint density at radius 3 is 2.39 bits per heavy atom. The number of thioether (sulfide) groups is 1. The predicted octanol–water partition coefficient (Wildman–Crippen LogP) is 3.27. The Morgan fingerprint density at radius 2 is 1.78 bits per heavy atom. The van der Waals surface area contributed by atoms with Crippen molar-refractivity contribution in [2.75, 3.05) is 5.88 Å². The molecule has 0 unspecified atom stereocenters. The number of rotatable bonds is 9. The molecule has 0 radical (unpaired) electrons. The number of nitrogens with zero attached hydrogens (tertiary/aromatic N) is 2. The molecule has 4 rings (SSSR count). The fourth-order valence-corrected chi connectivity index (χ4v) is 6.03. The van der Waals surface area contributed by atoms with Crippen LogP contribution >= 0.6 is 11.8 Å². The molecule has 0 saturated carbocycles. The Labute approximate surface area is 240 Å². The summed E-state index contributed by atoms with van der Waals surface area (Å²) in [4.78, 5) is 41.5. The highest BCUT2D eigenvalue weighted by Gasteiger charge is 2.49. The van der Waals surface area contributed by atoms with Crippen molar-refractivity contribution in [1.29, 1.82) is 0 Å². The minimum Gasteiger partial charge on any atom is -0.381 e. The topological polar surface area (TPSA) is 125 Å². The van der Waals surface area contributed by atoms with E-state index < -0.39 is 58.8 Å². The van der Waals surface area contributed by atoms with Gasteiger partial charge in [0.25, 0.3) is 11.8 Å². The molecule has 41 heavy (non-hydrogen) atoms. The highest BCUT2D eigenvalue weighted by Crippen LogP contribution is 2.40. The molecule has 0 aliphatic carbocycles. The van der Waals surface area contributed by atoms with Crippen molar-refractivity contribution in [3.05, 3.63) is 88.3 Å². The highest BCUT2D eigenvalue weighted by molar-refractivity contribution is 8.00. The maximum Gasteiger partial charge on any atom is 0.257 e. The molecule has 0 bridgehead atoms. The Bertz CT molecular complexity index is 1390. The summed E-state index contributed by atoms with van der Waals surface area (Å²) >= 11 is 1.33. The minimum atomic E-state index is -1.71. The second-order valence-electron chi connectivity index (χ2n) is 10.4. The number of carbonyl (C=O) groups is 3. The van der Waals surface area contributed by atoms with Gasteiger partial charge in [-0.3, -0.25) is 14.4 Å². The fraction of sp³-hybridized carbons (Fsp3) is 0.379. The number of hydrogen-bond acceptors (Lipinski definition) is 7. The van der Waals surface area contributed by atoms with Gasteiger partial charge >= 0.3 is 0 Å². The maximum atomic E-state index is 14.1. The Hall–Kier alpha value is -3.77. The van der Waals surface area contributed by atoms with E-state index in [0.29, 0.717) is 11.5 Å². The summed E-state index contributed by atoms with van der Waals surface area (Å²) in [5.41, 5.74) is 1.03. The molecular formula is C29H32F2N4O5S. The van der Waals surface area contributed by atoms with Gasteiger partial charge in [0.15, 0.2) is 6.10 Å². The van der Waals surface area contributed by atoms with Crippen molar-refractivity contribution in [3.63, 3.8) is 0 Å². The zero-order chi connectivity index (χ0) is 29.9. The molecule has 3 amide bonds. The molecule has 2 aromatic carbocycles. The Morgan fingerprint density at radius 1 is 1.12 bits per heavy atom. The molecule has 3 aromatic rings. The number of aliphatic hydroxyl groups excluding tert-OH is 1. The molecule has 12 heteroatoms. The first-order valence-electron chi connectivity index (χ1n) is 13.0. The molecular weight excluding hydrogens is 554 g/mol. The van der Waals surface area contributed by atoms with Crippen LogP contribution in [0.25, 0.3) is 0 Å². The normalized spacial score (nSPS) is 17.6. The summed E-state index contributed by atoms with van der Waals surface area (Å²) in [6, 6.07) is 10.3. The van der Waals surface area contributed by atoms with Gasteiger partial charge < -0.3 is 25.2 Å². The number of nitrogens with one attached hydrogen (secondary N) is 2. The van der Waals surface area contributed by atoms with Crippen LogP contribution in [0, 0.1) is 25.5 Å². The van der Waals surface area contributed by atoms with Gasteiger partial charge in [0.05, 0.1) is 17.6 Å². The van der Waals surface area contributed by atoms with Crippen molar-refractivity contribution in [1.82, 2.24) is 20.7 Å². The molecule has 9 nitrogen and oxygen atoms in total. The van der Waals surface area contributed by atoms with Gasteiger partial charge in [-0.1, -0.05) is 41.6 Å². The SMILES string of the molecule is Cc1noc(C)c1C(=O)N[C@@H](Cc1ccccc1)[C@H](O)C(=O)N1CSC(C)(C)[C@H]1C(=O)NCc1c(F)cccc1F. The molecule has 218 valence electrons. The molecule has 1 aliphatic heterocycles. The third kappa shape index (κ3) is 6.59. The molecule has 1 fully saturated rings. The number of aryl methyl sites for hydroxylation is 2. The maximum absolute atomic E-state index is 14.1. The summed E-state index contributed by atoms with van der Waals surface area (Å²) in [6.45, 7) is 6.32. The number of halogens is 2. The number of aromatic nitrogens is 1. The van der Waals surface area contributed by atoms with E-state index in [9.17, 15) is 28.3 Å². The lowest BCUT2D eigenvalue weighted by Gasteiger charge is -2.33. The number of hydrogen-bond donors (Lipinski definition) is 3. The largest absolute Gasteiger partial charge is 0.381 e.